The molecule has 1 amide bonds. The zero-order valence-electron chi connectivity index (χ0n) is 15.5. The van der Waals surface area contributed by atoms with E-state index in [0.29, 0.717) is 0 Å². The second-order valence-corrected chi connectivity index (χ2v) is 8.25. The molecule has 0 bridgehead atoms. The highest BCUT2D eigenvalue weighted by atomic mass is 32.2. The Morgan fingerprint density at radius 3 is 2.07 bits per heavy atom. The minimum absolute atomic E-state index is 0.0406. The number of anilines is 2. The van der Waals surface area contributed by atoms with E-state index >= 15 is 0 Å². The molecule has 0 saturated carbocycles. The molecule has 0 saturated heterocycles. The standard InChI is InChI=1S/C21H18F2N2O3S/c1-29(27,28)25(14-16-6-2-3-7-18(16)22)17-12-10-15(11-13-17)21(26)24-20-9-5-4-8-19(20)23/h2-13H,14H2,1H3,(H,24,26). The summed E-state index contributed by atoms with van der Waals surface area (Å²) in [5.41, 5.74) is 0.757. The number of rotatable bonds is 6. The summed E-state index contributed by atoms with van der Waals surface area (Å²) in [5, 5.41) is 2.46. The minimum Gasteiger partial charge on any atom is -0.319 e. The summed E-state index contributed by atoms with van der Waals surface area (Å²) < 4.78 is 53.1. The lowest BCUT2D eigenvalue weighted by atomic mass is 10.1. The van der Waals surface area contributed by atoms with Crippen LogP contribution in [0.25, 0.3) is 0 Å². The van der Waals surface area contributed by atoms with E-state index in [4.69, 9.17) is 0 Å². The summed E-state index contributed by atoms with van der Waals surface area (Å²) in [7, 11) is -3.70. The van der Waals surface area contributed by atoms with Gasteiger partial charge in [0.2, 0.25) is 10.0 Å². The fourth-order valence-corrected chi connectivity index (χ4v) is 3.60. The Morgan fingerprint density at radius 1 is 0.897 bits per heavy atom. The van der Waals surface area contributed by atoms with E-state index in [1.165, 1.54) is 60.7 Å². The highest BCUT2D eigenvalue weighted by Crippen LogP contribution is 2.23. The van der Waals surface area contributed by atoms with E-state index in [-0.39, 0.29) is 29.0 Å². The molecule has 0 atom stereocenters. The molecule has 0 unspecified atom stereocenters. The van der Waals surface area contributed by atoms with Gasteiger partial charge >= 0.3 is 0 Å². The summed E-state index contributed by atoms with van der Waals surface area (Å²) >= 11 is 0. The first kappa shape index (κ1) is 20.5. The Balaban J connectivity index is 1.83. The van der Waals surface area contributed by atoms with Gasteiger partial charge in [-0.15, -0.1) is 0 Å². The van der Waals surface area contributed by atoms with Crippen LogP contribution < -0.4 is 9.62 Å². The lowest BCUT2D eigenvalue weighted by Crippen LogP contribution is -2.29. The van der Waals surface area contributed by atoms with E-state index in [1.807, 2.05) is 0 Å². The third-order valence-electron chi connectivity index (χ3n) is 4.21. The van der Waals surface area contributed by atoms with Crippen molar-refractivity contribution in [2.75, 3.05) is 15.9 Å². The molecule has 0 spiro atoms. The number of nitrogens with one attached hydrogen (secondary N) is 1. The van der Waals surface area contributed by atoms with Crippen LogP contribution in [0.15, 0.2) is 72.8 Å². The van der Waals surface area contributed by atoms with E-state index in [9.17, 15) is 22.0 Å². The second kappa shape index (κ2) is 8.40. The van der Waals surface area contributed by atoms with Crippen molar-refractivity contribution in [3.8, 4) is 0 Å². The Kier molecular flexibility index (Phi) is 5.93. The summed E-state index contributed by atoms with van der Waals surface area (Å²) in [6.45, 7) is -0.188. The molecule has 150 valence electrons. The zero-order chi connectivity index (χ0) is 21.0. The van der Waals surface area contributed by atoms with Gasteiger partial charge in [-0.25, -0.2) is 17.2 Å². The predicted molar refractivity (Wildman–Crippen MR) is 108 cm³/mol. The van der Waals surface area contributed by atoms with Crippen LogP contribution in [-0.2, 0) is 16.6 Å². The van der Waals surface area contributed by atoms with Crippen LogP contribution in [0.3, 0.4) is 0 Å². The zero-order valence-corrected chi connectivity index (χ0v) is 16.3. The van der Waals surface area contributed by atoms with E-state index in [1.54, 1.807) is 12.1 Å². The molecular weight excluding hydrogens is 398 g/mol. The Hall–Kier alpha value is -3.26. The van der Waals surface area contributed by atoms with Gasteiger partial charge < -0.3 is 5.32 Å². The second-order valence-electron chi connectivity index (χ2n) is 6.34. The molecular formula is C21H18F2N2O3S. The average molecular weight is 416 g/mol. The van der Waals surface area contributed by atoms with Crippen LogP contribution in [0.4, 0.5) is 20.2 Å². The highest BCUT2D eigenvalue weighted by Gasteiger charge is 2.20. The molecule has 0 radical (unpaired) electrons. The quantitative estimate of drug-likeness (QED) is 0.656. The van der Waals surface area contributed by atoms with Crippen molar-refractivity contribution in [2.45, 2.75) is 6.54 Å². The maximum Gasteiger partial charge on any atom is 0.255 e. The van der Waals surface area contributed by atoms with Crippen LogP contribution in [0.2, 0.25) is 0 Å². The van der Waals surface area contributed by atoms with Gasteiger partial charge in [0.05, 0.1) is 24.2 Å². The van der Waals surface area contributed by atoms with Gasteiger partial charge in [0.15, 0.2) is 0 Å². The van der Waals surface area contributed by atoms with Gasteiger partial charge in [-0.1, -0.05) is 30.3 Å². The van der Waals surface area contributed by atoms with Crippen molar-refractivity contribution in [3.05, 3.63) is 95.6 Å². The Bertz CT molecular complexity index is 1130. The van der Waals surface area contributed by atoms with Crippen molar-refractivity contribution >= 4 is 27.3 Å². The van der Waals surface area contributed by atoms with Crippen LogP contribution >= 0.6 is 0 Å². The molecule has 0 aromatic heterocycles. The molecule has 3 aromatic carbocycles. The number of halogens is 2. The van der Waals surface area contributed by atoms with Crippen LogP contribution in [-0.4, -0.2) is 20.6 Å². The third kappa shape index (κ3) is 4.97. The summed E-state index contributed by atoms with van der Waals surface area (Å²) in [5.74, 6) is -1.62. The van der Waals surface area contributed by atoms with Gasteiger partial charge in [-0.05, 0) is 42.5 Å². The SMILES string of the molecule is CS(=O)(=O)N(Cc1ccccc1F)c1ccc(C(=O)Nc2ccccc2F)cc1. The molecule has 5 nitrogen and oxygen atoms in total. The summed E-state index contributed by atoms with van der Waals surface area (Å²) in [4.78, 5) is 12.3. The van der Waals surface area contributed by atoms with Crippen LogP contribution in [0.5, 0.6) is 0 Å². The lowest BCUT2D eigenvalue weighted by Gasteiger charge is -2.23. The van der Waals surface area contributed by atoms with Gasteiger partial charge in [0.1, 0.15) is 11.6 Å². The van der Waals surface area contributed by atoms with Gasteiger partial charge in [0, 0.05) is 11.1 Å². The molecule has 0 aliphatic heterocycles. The monoisotopic (exact) mass is 416 g/mol. The lowest BCUT2D eigenvalue weighted by molar-refractivity contribution is 0.102. The molecule has 0 heterocycles. The van der Waals surface area contributed by atoms with E-state index in [0.717, 1.165) is 10.6 Å². The Morgan fingerprint density at radius 2 is 1.48 bits per heavy atom. The van der Waals surface area contributed by atoms with Gasteiger partial charge in [-0.2, -0.15) is 0 Å². The normalized spacial score (nSPS) is 11.1. The predicted octanol–water partition coefficient (Wildman–Crippen LogP) is 4.18. The maximum atomic E-state index is 14.0. The van der Waals surface area contributed by atoms with Crippen molar-refractivity contribution in [2.24, 2.45) is 0 Å². The first-order valence-electron chi connectivity index (χ1n) is 8.63. The fraction of sp³-hybridized carbons (Fsp3) is 0.0952. The average Bonchev–Trinajstić information content (AvgIpc) is 2.68. The molecule has 3 rings (SSSR count). The summed E-state index contributed by atoms with van der Waals surface area (Å²) in [6.07, 6.45) is 1.02. The Labute approximate surface area is 167 Å². The largest absolute Gasteiger partial charge is 0.319 e. The molecule has 0 aliphatic carbocycles. The number of benzene rings is 3. The van der Waals surface area contributed by atoms with Crippen molar-refractivity contribution < 1.29 is 22.0 Å². The topological polar surface area (TPSA) is 66.5 Å². The highest BCUT2D eigenvalue weighted by molar-refractivity contribution is 7.92. The number of hydrogen-bond donors (Lipinski definition) is 1. The van der Waals surface area contributed by atoms with Crippen molar-refractivity contribution in [1.82, 2.24) is 0 Å². The number of sulfonamides is 1. The summed E-state index contributed by atoms with van der Waals surface area (Å²) in [6, 6.07) is 17.4. The number of nitrogens with zero attached hydrogens (tertiary/aromatic N) is 1. The fourth-order valence-electron chi connectivity index (χ4n) is 2.72. The first-order chi connectivity index (χ1) is 13.8. The number of amides is 1. The number of hydrogen-bond acceptors (Lipinski definition) is 3. The van der Waals surface area contributed by atoms with Crippen LogP contribution in [0, 0.1) is 11.6 Å². The van der Waals surface area contributed by atoms with E-state index in [2.05, 4.69) is 5.32 Å². The van der Waals surface area contributed by atoms with Gasteiger partial charge in [-0.3, -0.25) is 9.10 Å². The molecule has 1 N–H and O–H groups in total. The minimum atomic E-state index is -3.70. The smallest absolute Gasteiger partial charge is 0.255 e. The molecule has 3 aromatic rings. The van der Waals surface area contributed by atoms with Gasteiger partial charge in [0.25, 0.3) is 5.91 Å². The van der Waals surface area contributed by atoms with Crippen LogP contribution in [0.1, 0.15) is 15.9 Å². The first-order valence-corrected chi connectivity index (χ1v) is 10.5. The molecule has 29 heavy (non-hydrogen) atoms. The van der Waals surface area contributed by atoms with Crippen molar-refractivity contribution in [3.63, 3.8) is 0 Å². The molecule has 8 heteroatoms. The number of para-hydroxylation sites is 1. The van der Waals surface area contributed by atoms with Crippen molar-refractivity contribution in [1.29, 1.82) is 0 Å². The molecule has 0 fully saturated rings. The maximum absolute atomic E-state index is 14.0. The third-order valence-corrected chi connectivity index (χ3v) is 5.35. The number of carbonyl (C=O) groups is 1. The van der Waals surface area contributed by atoms with E-state index < -0.39 is 27.6 Å². The molecule has 0 aliphatic rings. The number of carbonyl (C=O) groups excluding carboxylic acids is 1.